The van der Waals surface area contributed by atoms with Gasteiger partial charge in [-0.2, -0.15) is 0 Å². The maximum atomic E-state index is 12.6. The van der Waals surface area contributed by atoms with Gasteiger partial charge in [-0.05, 0) is 123 Å². The van der Waals surface area contributed by atoms with Gasteiger partial charge in [0.2, 0.25) is 0 Å². The highest BCUT2D eigenvalue weighted by Gasteiger charge is 2.22. The van der Waals surface area contributed by atoms with Crippen LogP contribution in [0, 0.1) is 37.0 Å². The van der Waals surface area contributed by atoms with Crippen molar-refractivity contribution in [2.75, 3.05) is 5.32 Å². The van der Waals surface area contributed by atoms with Gasteiger partial charge in [-0.3, -0.25) is 4.79 Å². The van der Waals surface area contributed by atoms with Crippen LogP contribution in [0.15, 0.2) is 30.3 Å². The van der Waals surface area contributed by atoms with E-state index in [1.807, 2.05) is 0 Å². The number of Topliss-reactive ketones (excluding diaryl/α,β-unsaturated/α-hetero) is 1. The van der Waals surface area contributed by atoms with Gasteiger partial charge in [-0.15, -0.1) is 0 Å². The van der Waals surface area contributed by atoms with Crippen LogP contribution >= 0.6 is 0 Å². The molecule has 0 spiro atoms. The molecule has 2 aromatic rings. The summed E-state index contributed by atoms with van der Waals surface area (Å²) >= 11 is 0. The van der Waals surface area contributed by atoms with Crippen molar-refractivity contribution in [3.8, 4) is 0 Å². The quantitative estimate of drug-likeness (QED) is 0.259. The van der Waals surface area contributed by atoms with Crippen LogP contribution in [0.25, 0.3) is 0 Å². The first kappa shape index (κ1) is 31.1. The monoisotopic (exact) mass is 505 g/mol. The molecule has 0 unspecified atom stereocenters. The average molecular weight is 506 g/mol. The van der Waals surface area contributed by atoms with Crippen LogP contribution in [-0.2, 0) is 12.8 Å². The van der Waals surface area contributed by atoms with Gasteiger partial charge in [0.15, 0.2) is 5.78 Å². The molecule has 2 rings (SSSR count). The second kappa shape index (κ2) is 14.2. The Morgan fingerprint density at radius 2 is 1.62 bits per heavy atom. The van der Waals surface area contributed by atoms with E-state index in [4.69, 9.17) is 0 Å². The zero-order valence-corrected chi connectivity index (χ0v) is 25.7. The fourth-order valence-electron chi connectivity index (χ4n) is 5.54. The van der Waals surface area contributed by atoms with Gasteiger partial charge in [0.05, 0.1) is 0 Å². The van der Waals surface area contributed by atoms with Crippen LogP contribution in [0.3, 0.4) is 0 Å². The molecule has 0 fully saturated rings. The summed E-state index contributed by atoms with van der Waals surface area (Å²) in [5.74, 6) is 2.13. The molecule has 37 heavy (non-hydrogen) atoms. The summed E-state index contributed by atoms with van der Waals surface area (Å²) < 4.78 is 0. The number of nitrogens with one attached hydrogen (secondary N) is 1. The van der Waals surface area contributed by atoms with Crippen molar-refractivity contribution in [2.24, 2.45) is 23.2 Å². The highest BCUT2D eigenvalue weighted by molar-refractivity contribution is 6.00. The van der Waals surface area contributed by atoms with E-state index in [0.29, 0.717) is 23.2 Å². The number of anilines is 2. The maximum absolute atomic E-state index is 12.6. The maximum Gasteiger partial charge on any atom is 0.161 e. The molecule has 2 atom stereocenters. The number of ketones is 1. The number of aryl methyl sites for hydroxylation is 3. The lowest BCUT2D eigenvalue weighted by atomic mass is 9.78. The lowest BCUT2D eigenvalue weighted by Gasteiger charge is -2.28. The van der Waals surface area contributed by atoms with Gasteiger partial charge >= 0.3 is 0 Å². The smallest absolute Gasteiger partial charge is 0.161 e. The molecule has 0 heterocycles. The summed E-state index contributed by atoms with van der Waals surface area (Å²) in [7, 11) is 0. The van der Waals surface area contributed by atoms with Crippen LogP contribution in [0.2, 0.25) is 0 Å². The Morgan fingerprint density at radius 3 is 2.19 bits per heavy atom. The standard InChI is InChI=1S/C35H55NO/c1-11-12-15-29-16-17-32(20-26(29)5)36-34-23-31(27(6)21-33(34)28(7)37)22-30(19-24(2)3)25(4)14-13-18-35(8,9)10/h16-17,20-21,23-25,30,36H,11-15,18-19,22H2,1-10H3/t25-,30+/m1/s1. The van der Waals surface area contributed by atoms with Crippen molar-refractivity contribution in [1.82, 2.24) is 0 Å². The van der Waals surface area contributed by atoms with E-state index >= 15 is 0 Å². The van der Waals surface area contributed by atoms with Crippen molar-refractivity contribution >= 4 is 17.2 Å². The Bertz CT molecular complexity index is 1010. The number of hydrogen-bond donors (Lipinski definition) is 1. The largest absolute Gasteiger partial charge is 0.355 e. The normalized spacial score (nSPS) is 13.6. The fourth-order valence-corrected chi connectivity index (χ4v) is 5.54. The SMILES string of the molecule is CCCCc1ccc(Nc2cc(C[C@H](CC(C)C)[C@H](C)CCCC(C)(C)C)c(C)cc2C(C)=O)cc1C. The molecular formula is C35H55NO. The molecule has 0 radical (unpaired) electrons. The first-order valence-electron chi connectivity index (χ1n) is 14.8. The van der Waals surface area contributed by atoms with E-state index in [-0.39, 0.29) is 5.78 Å². The Hall–Kier alpha value is -2.09. The third-order valence-electron chi connectivity index (χ3n) is 7.92. The van der Waals surface area contributed by atoms with Gasteiger partial charge in [0.1, 0.15) is 0 Å². The minimum atomic E-state index is 0.114. The van der Waals surface area contributed by atoms with Crippen LogP contribution in [0.1, 0.15) is 127 Å². The summed E-state index contributed by atoms with van der Waals surface area (Å²) in [5.41, 5.74) is 8.53. The zero-order chi connectivity index (χ0) is 27.8. The molecule has 0 bridgehead atoms. The zero-order valence-electron chi connectivity index (χ0n) is 25.7. The molecule has 2 aromatic carbocycles. The summed E-state index contributed by atoms with van der Waals surface area (Å²) in [6.07, 6.45) is 9.73. The first-order valence-corrected chi connectivity index (χ1v) is 14.8. The molecule has 206 valence electrons. The third-order valence-corrected chi connectivity index (χ3v) is 7.92. The molecule has 0 aromatic heterocycles. The third kappa shape index (κ3) is 10.3. The van der Waals surface area contributed by atoms with Gasteiger partial charge in [-0.25, -0.2) is 0 Å². The van der Waals surface area contributed by atoms with Crippen LogP contribution in [0.4, 0.5) is 11.4 Å². The fraction of sp³-hybridized carbons (Fsp3) is 0.629. The van der Waals surface area contributed by atoms with E-state index in [1.165, 1.54) is 60.8 Å². The van der Waals surface area contributed by atoms with E-state index in [0.717, 1.165) is 29.8 Å². The second-order valence-corrected chi connectivity index (χ2v) is 13.3. The average Bonchev–Trinajstić information content (AvgIpc) is 2.78. The minimum absolute atomic E-state index is 0.114. The van der Waals surface area contributed by atoms with E-state index < -0.39 is 0 Å². The summed E-state index contributed by atoms with van der Waals surface area (Å²) in [6, 6.07) is 11.0. The number of carbonyl (C=O) groups excluding carboxylic acids is 1. The van der Waals surface area contributed by atoms with Crippen molar-refractivity contribution in [3.63, 3.8) is 0 Å². The molecule has 2 nitrogen and oxygen atoms in total. The van der Waals surface area contributed by atoms with E-state index in [2.05, 4.69) is 98.0 Å². The van der Waals surface area contributed by atoms with Gasteiger partial charge < -0.3 is 5.32 Å². The summed E-state index contributed by atoms with van der Waals surface area (Å²) in [4.78, 5) is 12.6. The topological polar surface area (TPSA) is 29.1 Å². The van der Waals surface area contributed by atoms with Crippen molar-refractivity contribution in [2.45, 2.75) is 121 Å². The van der Waals surface area contributed by atoms with Gasteiger partial charge in [0, 0.05) is 16.9 Å². The predicted molar refractivity (Wildman–Crippen MR) is 163 cm³/mol. The molecule has 0 aliphatic carbocycles. The lowest BCUT2D eigenvalue weighted by Crippen LogP contribution is -2.19. The van der Waals surface area contributed by atoms with Crippen LogP contribution in [0.5, 0.6) is 0 Å². The molecule has 0 amide bonds. The number of benzene rings is 2. The van der Waals surface area contributed by atoms with Gasteiger partial charge in [-0.1, -0.05) is 73.8 Å². The highest BCUT2D eigenvalue weighted by atomic mass is 16.1. The first-order chi connectivity index (χ1) is 17.3. The van der Waals surface area contributed by atoms with Crippen LogP contribution in [-0.4, -0.2) is 5.78 Å². The Morgan fingerprint density at radius 1 is 0.946 bits per heavy atom. The Kier molecular flexibility index (Phi) is 11.9. The number of rotatable bonds is 14. The molecule has 0 saturated carbocycles. The molecule has 0 aliphatic heterocycles. The van der Waals surface area contributed by atoms with Crippen molar-refractivity contribution in [3.05, 3.63) is 58.1 Å². The molecule has 1 N–H and O–H groups in total. The molecule has 2 heteroatoms. The summed E-state index contributed by atoms with van der Waals surface area (Å²) in [6.45, 7) is 22.5. The van der Waals surface area contributed by atoms with Crippen molar-refractivity contribution < 1.29 is 4.79 Å². The number of carbonyl (C=O) groups is 1. The van der Waals surface area contributed by atoms with Crippen molar-refractivity contribution in [1.29, 1.82) is 0 Å². The minimum Gasteiger partial charge on any atom is -0.355 e. The van der Waals surface area contributed by atoms with E-state index in [1.54, 1.807) is 6.92 Å². The van der Waals surface area contributed by atoms with E-state index in [9.17, 15) is 4.79 Å². The second-order valence-electron chi connectivity index (χ2n) is 13.3. The molecule has 0 saturated heterocycles. The summed E-state index contributed by atoms with van der Waals surface area (Å²) in [5, 5.41) is 3.62. The number of hydrogen-bond acceptors (Lipinski definition) is 2. The Balaban J connectivity index is 2.31. The molecular weight excluding hydrogens is 450 g/mol. The molecule has 0 aliphatic rings. The van der Waals surface area contributed by atoms with Gasteiger partial charge in [0.25, 0.3) is 0 Å². The van der Waals surface area contributed by atoms with Crippen LogP contribution < -0.4 is 5.32 Å². The Labute approximate surface area is 229 Å². The number of unbranched alkanes of at least 4 members (excludes halogenated alkanes) is 1. The lowest BCUT2D eigenvalue weighted by molar-refractivity contribution is 0.101. The highest BCUT2D eigenvalue weighted by Crippen LogP contribution is 2.34. The predicted octanol–water partition coefficient (Wildman–Crippen LogP) is 10.6.